The second-order valence-electron chi connectivity index (χ2n) is 3.79. The molecule has 75 valence electrons. The van der Waals surface area contributed by atoms with Crippen LogP contribution in [-0.4, -0.2) is 32.1 Å². The van der Waals surface area contributed by atoms with Crippen LogP contribution in [0.25, 0.3) is 0 Å². The third-order valence-electron chi connectivity index (χ3n) is 2.38. The summed E-state index contributed by atoms with van der Waals surface area (Å²) in [5.74, 6) is 0. The van der Waals surface area contributed by atoms with Gasteiger partial charge in [0.15, 0.2) is 0 Å². The van der Waals surface area contributed by atoms with Gasteiger partial charge in [-0.15, -0.1) is 0 Å². The first-order valence-electron chi connectivity index (χ1n) is 4.87. The Morgan fingerprint density at radius 1 is 1.29 bits per heavy atom. The molecule has 0 saturated heterocycles. The van der Waals surface area contributed by atoms with Crippen LogP contribution < -0.4 is 10.2 Å². The standard InChI is InChI=1S/C11H16N3/c1-13(2)7-8-14-9-12-10-5-3-4-6-11(10)14/h3-6,9,12H,7-8H2,1-2H3. The minimum Gasteiger partial charge on any atom is -0.360 e. The van der Waals surface area contributed by atoms with Crippen molar-refractivity contribution in [2.45, 2.75) is 0 Å². The van der Waals surface area contributed by atoms with Crippen molar-refractivity contribution in [1.29, 1.82) is 0 Å². The SMILES string of the molecule is CN(C)CCN1[CH]Nc2ccccc21. The van der Waals surface area contributed by atoms with E-state index in [1.807, 2.05) is 6.67 Å². The van der Waals surface area contributed by atoms with Crippen LogP contribution >= 0.6 is 0 Å². The van der Waals surface area contributed by atoms with Crippen LogP contribution in [-0.2, 0) is 0 Å². The molecule has 0 fully saturated rings. The zero-order valence-corrected chi connectivity index (χ0v) is 8.70. The normalized spacial score (nSPS) is 14.4. The second kappa shape index (κ2) is 3.88. The first-order chi connectivity index (χ1) is 6.77. The molecular formula is C11H16N3. The van der Waals surface area contributed by atoms with Crippen molar-refractivity contribution in [1.82, 2.24) is 4.90 Å². The summed E-state index contributed by atoms with van der Waals surface area (Å²) in [6.45, 7) is 4.12. The number of rotatable bonds is 3. The zero-order valence-electron chi connectivity index (χ0n) is 8.70. The molecule has 3 nitrogen and oxygen atoms in total. The summed E-state index contributed by atoms with van der Waals surface area (Å²) in [4.78, 5) is 4.43. The highest BCUT2D eigenvalue weighted by atomic mass is 15.3. The van der Waals surface area contributed by atoms with Gasteiger partial charge in [-0.2, -0.15) is 0 Å². The number of benzene rings is 1. The Labute approximate surface area is 85.3 Å². The number of hydrogen-bond donors (Lipinski definition) is 1. The molecule has 0 atom stereocenters. The van der Waals surface area contributed by atoms with Crippen molar-refractivity contribution >= 4 is 11.4 Å². The van der Waals surface area contributed by atoms with Crippen LogP contribution in [0.1, 0.15) is 0 Å². The fraction of sp³-hybridized carbons (Fsp3) is 0.364. The molecule has 0 amide bonds. The maximum atomic E-state index is 3.26. The number of para-hydroxylation sites is 2. The molecule has 1 aliphatic rings. The van der Waals surface area contributed by atoms with E-state index in [0.29, 0.717) is 0 Å². The van der Waals surface area contributed by atoms with E-state index in [-0.39, 0.29) is 0 Å². The van der Waals surface area contributed by atoms with Crippen molar-refractivity contribution < 1.29 is 0 Å². The van der Waals surface area contributed by atoms with Crippen molar-refractivity contribution in [3.63, 3.8) is 0 Å². The molecule has 0 spiro atoms. The van der Waals surface area contributed by atoms with Crippen molar-refractivity contribution in [3.8, 4) is 0 Å². The molecule has 1 aromatic carbocycles. The maximum absolute atomic E-state index is 3.26. The van der Waals surface area contributed by atoms with Crippen molar-refractivity contribution in [2.24, 2.45) is 0 Å². The molecule has 0 unspecified atom stereocenters. The maximum Gasteiger partial charge on any atom is 0.139 e. The monoisotopic (exact) mass is 190 g/mol. The van der Waals surface area contributed by atoms with E-state index in [9.17, 15) is 0 Å². The van der Waals surface area contributed by atoms with E-state index in [1.165, 1.54) is 11.4 Å². The van der Waals surface area contributed by atoms with Gasteiger partial charge >= 0.3 is 0 Å². The van der Waals surface area contributed by atoms with E-state index in [0.717, 1.165) is 13.1 Å². The Morgan fingerprint density at radius 3 is 2.86 bits per heavy atom. The van der Waals surface area contributed by atoms with Crippen LogP contribution in [0.5, 0.6) is 0 Å². The van der Waals surface area contributed by atoms with Gasteiger partial charge in [0, 0.05) is 13.1 Å². The lowest BCUT2D eigenvalue weighted by atomic mass is 10.2. The first kappa shape index (κ1) is 9.34. The van der Waals surface area contributed by atoms with Crippen LogP contribution in [0, 0.1) is 6.67 Å². The molecule has 1 radical (unpaired) electrons. The number of fused-ring (bicyclic) bond motifs is 1. The van der Waals surface area contributed by atoms with Crippen LogP contribution in [0.3, 0.4) is 0 Å². The van der Waals surface area contributed by atoms with E-state index < -0.39 is 0 Å². The van der Waals surface area contributed by atoms with Gasteiger partial charge in [-0.3, -0.25) is 0 Å². The molecule has 3 heteroatoms. The predicted molar refractivity (Wildman–Crippen MR) is 60.3 cm³/mol. The van der Waals surface area contributed by atoms with E-state index in [1.54, 1.807) is 0 Å². The molecule has 0 saturated carbocycles. The molecule has 0 aliphatic carbocycles. The average molecular weight is 190 g/mol. The van der Waals surface area contributed by atoms with Gasteiger partial charge in [-0.25, -0.2) is 0 Å². The third kappa shape index (κ3) is 1.82. The smallest absolute Gasteiger partial charge is 0.139 e. The lowest BCUT2D eigenvalue weighted by Crippen LogP contribution is -2.28. The fourth-order valence-corrected chi connectivity index (χ4v) is 1.56. The fourth-order valence-electron chi connectivity index (χ4n) is 1.56. The molecule has 0 bridgehead atoms. The number of nitrogens with zero attached hydrogens (tertiary/aromatic N) is 2. The summed E-state index contributed by atoms with van der Waals surface area (Å²) in [5.41, 5.74) is 2.47. The number of likely N-dealkylation sites (N-methyl/N-ethyl adjacent to an activating group) is 1. The average Bonchev–Trinajstić information content (AvgIpc) is 2.58. The highest BCUT2D eigenvalue weighted by Gasteiger charge is 2.17. The number of nitrogens with one attached hydrogen (secondary N) is 1. The van der Waals surface area contributed by atoms with E-state index in [4.69, 9.17) is 0 Å². The van der Waals surface area contributed by atoms with E-state index in [2.05, 4.69) is 53.5 Å². The van der Waals surface area contributed by atoms with E-state index >= 15 is 0 Å². The Morgan fingerprint density at radius 2 is 2.07 bits per heavy atom. The molecular weight excluding hydrogens is 174 g/mol. The van der Waals surface area contributed by atoms with Gasteiger partial charge in [0.1, 0.15) is 6.67 Å². The lowest BCUT2D eigenvalue weighted by molar-refractivity contribution is 0.417. The number of anilines is 2. The van der Waals surface area contributed by atoms with Crippen molar-refractivity contribution in [2.75, 3.05) is 37.4 Å². The molecule has 14 heavy (non-hydrogen) atoms. The Bertz CT molecular complexity index is 309. The summed E-state index contributed by atoms with van der Waals surface area (Å²) in [6.07, 6.45) is 0. The van der Waals surface area contributed by atoms with Gasteiger partial charge in [-0.05, 0) is 26.2 Å². The zero-order chi connectivity index (χ0) is 9.97. The summed E-state index contributed by atoms with van der Waals surface area (Å²) in [7, 11) is 4.19. The third-order valence-corrected chi connectivity index (χ3v) is 2.38. The molecule has 1 aromatic rings. The Hall–Kier alpha value is -1.22. The summed E-state index contributed by atoms with van der Waals surface area (Å²) in [5, 5.41) is 3.26. The number of hydrogen-bond acceptors (Lipinski definition) is 3. The van der Waals surface area contributed by atoms with Crippen LogP contribution in [0.2, 0.25) is 0 Å². The highest BCUT2D eigenvalue weighted by Crippen LogP contribution is 2.31. The van der Waals surface area contributed by atoms with Gasteiger partial charge in [0.05, 0.1) is 11.4 Å². The molecule has 1 N–H and O–H groups in total. The lowest BCUT2D eigenvalue weighted by Gasteiger charge is -2.19. The minimum atomic E-state index is 1.02. The quantitative estimate of drug-likeness (QED) is 0.781. The van der Waals surface area contributed by atoms with Gasteiger partial charge in [-0.1, -0.05) is 12.1 Å². The molecule has 0 aromatic heterocycles. The highest BCUT2D eigenvalue weighted by molar-refractivity contribution is 5.76. The predicted octanol–water partition coefficient (Wildman–Crippen LogP) is 1.60. The Balaban J connectivity index is 2.03. The minimum absolute atomic E-state index is 1.02. The van der Waals surface area contributed by atoms with Gasteiger partial charge in [0.2, 0.25) is 0 Å². The van der Waals surface area contributed by atoms with Crippen LogP contribution in [0.15, 0.2) is 24.3 Å². The summed E-state index contributed by atoms with van der Waals surface area (Å²) in [6, 6.07) is 8.36. The first-order valence-corrected chi connectivity index (χ1v) is 4.87. The topological polar surface area (TPSA) is 18.5 Å². The van der Waals surface area contributed by atoms with Gasteiger partial charge in [0.25, 0.3) is 0 Å². The summed E-state index contributed by atoms with van der Waals surface area (Å²) < 4.78 is 0. The van der Waals surface area contributed by atoms with Gasteiger partial charge < -0.3 is 15.1 Å². The van der Waals surface area contributed by atoms with Crippen molar-refractivity contribution in [3.05, 3.63) is 30.9 Å². The second-order valence-corrected chi connectivity index (χ2v) is 3.79. The molecule has 1 aliphatic heterocycles. The largest absolute Gasteiger partial charge is 0.360 e. The molecule has 2 rings (SSSR count). The van der Waals surface area contributed by atoms with Crippen LogP contribution in [0.4, 0.5) is 11.4 Å². The Kier molecular flexibility index (Phi) is 2.59. The summed E-state index contributed by atoms with van der Waals surface area (Å²) >= 11 is 0. The molecule has 1 heterocycles.